The lowest BCUT2D eigenvalue weighted by atomic mass is 10.0. The van der Waals surface area contributed by atoms with Gasteiger partial charge in [-0.05, 0) is 55.2 Å². The van der Waals surface area contributed by atoms with E-state index >= 15 is 0 Å². The van der Waals surface area contributed by atoms with Crippen LogP contribution in [0.2, 0.25) is 0 Å². The lowest BCUT2D eigenvalue weighted by Crippen LogP contribution is -2.44. The lowest BCUT2D eigenvalue weighted by Gasteiger charge is -2.32. The fourth-order valence-electron chi connectivity index (χ4n) is 4.33. The molecule has 1 aromatic carbocycles. The second-order valence-corrected chi connectivity index (χ2v) is 8.76. The summed E-state index contributed by atoms with van der Waals surface area (Å²) < 4.78 is 0. The smallest absolute Gasteiger partial charge is 0.234 e. The molecule has 5 aliphatic rings. The second kappa shape index (κ2) is 10.5. The zero-order chi connectivity index (χ0) is 23.2. The Labute approximate surface area is 199 Å². The van der Waals surface area contributed by atoms with Crippen LogP contribution in [0.5, 0.6) is 0 Å². The molecule has 8 rings (SSSR count). The highest BCUT2D eigenvalue weighted by molar-refractivity contribution is 5.78. The quantitative estimate of drug-likeness (QED) is 0.407. The third-order valence-electron chi connectivity index (χ3n) is 6.16. The number of nitrogens with zero attached hydrogens (tertiary/aromatic N) is 4. The molecular weight excluding hydrogens is 428 g/mol. The minimum absolute atomic E-state index is 0.0829. The van der Waals surface area contributed by atoms with E-state index in [1.165, 1.54) is 0 Å². The number of piperidine rings is 1. The summed E-state index contributed by atoms with van der Waals surface area (Å²) >= 11 is 0. The summed E-state index contributed by atoms with van der Waals surface area (Å²) in [6.45, 7) is 3.60. The molecule has 8 bridgehead atoms. The van der Waals surface area contributed by atoms with E-state index in [4.69, 9.17) is 0 Å². The second-order valence-electron chi connectivity index (χ2n) is 8.76. The molecule has 0 atom stereocenters. The summed E-state index contributed by atoms with van der Waals surface area (Å²) in [5.74, 6) is 1.42. The van der Waals surface area contributed by atoms with Crippen LogP contribution in [0.15, 0.2) is 55.0 Å². The Bertz CT molecular complexity index is 1110. The molecule has 2 aromatic heterocycles. The van der Waals surface area contributed by atoms with Gasteiger partial charge in [-0.2, -0.15) is 0 Å². The zero-order valence-electron chi connectivity index (χ0n) is 19.1. The topological polar surface area (TPSA) is 107 Å². The minimum atomic E-state index is 0.0829. The number of hydrogen-bond donors (Lipinski definition) is 4. The van der Waals surface area contributed by atoms with Gasteiger partial charge in [-0.1, -0.05) is 6.07 Å². The van der Waals surface area contributed by atoms with Crippen LogP contribution in [0.1, 0.15) is 19.3 Å². The molecule has 9 nitrogen and oxygen atoms in total. The molecule has 1 amide bonds. The molecule has 34 heavy (non-hydrogen) atoms. The number of carbonyl (C=O) groups excluding carboxylic acids is 1. The molecule has 0 spiro atoms. The highest BCUT2D eigenvalue weighted by Gasteiger charge is 2.20. The van der Waals surface area contributed by atoms with Crippen molar-refractivity contribution in [1.82, 2.24) is 25.2 Å². The van der Waals surface area contributed by atoms with E-state index in [0.717, 1.165) is 60.7 Å². The monoisotopic (exact) mass is 458 g/mol. The number of rotatable bonds is 0. The van der Waals surface area contributed by atoms with Crippen molar-refractivity contribution in [1.29, 1.82) is 0 Å². The Hall–Kier alpha value is -3.72. The molecule has 0 aliphatic carbocycles. The number of hydrogen-bond acceptors (Lipinski definition) is 8. The highest BCUT2D eigenvalue weighted by Crippen LogP contribution is 2.25. The van der Waals surface area contributed by atoms with Crippen molar-refractivity contribution in [3.05, 3.63) is 55.0 Å². The summed E-state index contributed by atoms with van der Waals surface area (Å²) in [7, 11) is 0. The van der Waals surface area contributed by atoms with Gasteiger partial charge < -0.3 is 21.3 Å². The standard InChI is InChI=1S/C25H30N8O/c34-24-17-33-11-6-20(7-12-33)31-21-3-1-4-22(14-21)32-23-13-18(5-10-26-23)19-15-29-25(30-16-19)28-9-2-8-27-24/h1,3-5,10,13-16,20,31H,2,6-9,11-12,17H2,(H,26,32)(H,27,34)(H,28,29,30). The minimum Gasteiger partial charge on any atom is -0.382 e. The van der Waals surface area contributed by atoms with E-state index in [-0.39, 0.29) is 5.91 Å². The van der Waals surface area contributed by atoms with Gasteiger partial charge in [0.15, 0.2) is 0 Å². The van der Waals surface area contributed by atoms with Crippen LogP contribution < -0.4 is 21.3 Å². The molecule has 4 N–H and O–H groups in total. The number of carbonyl (C=O) groups is 1. The molecule has 1 fully saturated rings. The van der Waals surface area contributed by atoms with Gasteiger partial charge >= 0.3 is 0 Å². The van der Waals surface area contributed by atoms with Crippen molar-refractivity contribution in [2.75, 3.05) is 48.7 Å². The van der Waals surface area contributed by atoms with Crippen LogP contribution in [0, 0.1) is 0 Å². The summed E-state index contributed by atoms with van der Waals surface area (Å²) in [5.41, 5.74) is 3.96. The average molecular weight is 459 g/mol. The first kappa shape index (κ1) is 22.1. The Kier molecular flexibility index (Phi) is 6.81. The molecule has 9 heteroatoms. The fourth-order valence-corrected chi connectivity index (χ4v) is 4.33. The maximum absolute atomic E-state index is 12.3. The van der Waals surface area contributed by atoms with Crippen LogP contribution in [0.25, 0.3) is 11.1 Å². The largest absolute Gasteiger partial charge is 0.382 e. The normalized spacial score (nSPS) is 21.0. The maximum atomic E-state index is 12.3. The van der Waals surface area contributed by atoms with Crippen LogP contribution in [0.4, 0.5) is 23.1 Å². The van der Waals surface area contributed by atoms with E-state index in [1.54, 1.807) is 18.6 Å². The molecular formula is C25H30N8O. The number of aromatic nitrogens is 3. The van der Waals surface area contributed by atoms with Gasteiger partial charge in [0.05, 0.1) is 6.54 Å². The lowest BCUT2D eigenvalue weighted by molar-refractivity contribution is -0.122. The van der Waals surface area contributed by atoms with Gasteiger partial charge in [-0.25, -0.2) is 15.0 Å². The van der Waals surface area contributed by atoms with Crippen molar-refractivity contribution in [2.45, 2.75) is 25.3 Å². The third-order valence-corrected chi connectivity index (χ3v) is 6.16. The Morgan fingerprint density at radius 1 is 0.882 bits per heavy atom. The summed E-state index contributed by atoms with van der Waals surface area (Å²) in [6, 6.07) is 12.6. The van der Waals surface area contributed by atoms with Crippen LogP contribution in [-0.4, -0.2) is 64.5 Å². The third kappa shape index (κ3) is 5.79. The number of nitrogens with one attached hydrogen (secondary N) is 4. The van der Waals surface area contributed by atoms with Gasteiger partial charge in [-0.15, -0.1) is 0 Å². The predicted octanol–water partition coefficient (Wildman–Crippen LogP) is 3.09. The number of benzene rings is 1. The van der Waals surface area contributed by atoms with Crippen molar-refractivity contribution in [2.24, 2.45) is 0 Å². The number of anilines is 4. The zero-order valence-corrected chi connectivity index (χ0v) is 19.1. The molecule has 7 heterocycles. The first-order valence-corrected chi connectivity index (χ1v) is 11.9. The van der Waals surface area contributed by atoms with Crippen LogP contribution in [-0.2, 0) is 4.79 Å². The molecule has 5 aliphatic heterocycles. The molecule has 1 saturated heterocycles. The Morgan fingerprint density at radius 2 is 1.68 bits per heavy atom. The SMILES string of the molecule is O=C1CN2CCC(CC2)Nc2cccc(c2)Nc2cc(ccn2)-c2cnc(nc2)NCCCN1. The van der Waals surface area contributed by atoms with Crippen LogP contribution >= 0.6 is 0 Å². The van der Waals surface area contributed by atoms with Gasteiger partial charge in [0.25, 0.3) is 0 Å². The molecule has 3 aromatic rings. The maximum Gasteiger partial charge on any atom is 0.234 e. The van der Waals surface area contributed by atoms with Crippen molar-refractivity contribution >= 4 is 29.0 Å². The number of pyridine rings is 1. The van der Waals surface area contributed by atoms with E-state index in [2.05, 4.69) is 53.3 Å². The highest BCUT2D eigenvalue weighted by atomic mass is 16.2. The van der Waals surface area contributed by atoms with Gasteiger partial charge in [0, 0.05) is 67.7 Å². The first-order valence-electron chi connectivity index (χ1n) is 11.9. The van der Waals surface area contributed by atoms with Crippen molar-refractivity contribution < 1.29 is 4.79 Å². The van der Waals surface area contributed by atoms with Crippen molar-refractivity contribution in [3.8, 4) is 11.1 Å². The van der Waals surface area contributed by atoms with Crippen LogP contribution in [0.3, 0.4) is 0 Å². The van der Waals surface area contributed by atoms with Gasteiger partial charge in [-0.3, -0.25) is 9.69 Å². The first-order chi connectivity index (χ1) is 16.7. The Morgan fingerprint density at radius 3 is 2.53 bits per heavy atom. The summed E-state index contributed by atoms with van der Waals surface area (Å²) in [6.07, 6.45) is 8.22. The summed E-state index contributed by atoms with van der Waals surface area (Å²) in [5, 5.41) is 13.3. The van der Waals surface area contributed by atoms with E-state index in [1.807, 2.05) is 24.3 Å². The fraction of sp³-hybridized carbons (Fsp3) is 0.360. The average Bonchev–Trinajstić information content (AvgIpc) is 2.85. The molecule has 0 radical (unpaired) electrons. The van der Waals surface area contributed by atoms with Crippen molar-refractivity contribution in [3.63, 3.8) is 0 Å². The molecule has 176 valence electrons. The number of amides is 1. The van der Waals surface area contributed by atoms with E-state index < -0.39 is 0 Å². The molecule has 0 unspecified atom stereocenters. The molecule has 0 saturated carbocycles. The van der Waals surface area contributed by atoms with Gasteiger partial charge in [0.2, 0.25) is 11.9 Å². The van der Waals surface area contributed by atoms with E-state index in [9.17, 15) is 4.79 Å². The Balaban J connectivity index is 1.35. The predicted molar refractivity (Wildman–Crippen MR) is 134 cm³/mol. The summed E-state index contributed by atoms with van der Waals surface area (Å²) in [4.78, 5) is 27.9. The van der Waals surface area contributed by atoms with Gasteiger partial charge in [0.1, 0.15) is 5.82 Å². The van der Waals surface area contributed by atoms with E-state index in [0.29, 0.717) is 31.6 Å².